The number of rotatable bonds is 4. The SMILES string of the molecule is CC(=O)N1CCc2cc(S(=O)(=O)N[C@H]3CCO[C@@H]3c3cnn(C)c3)ccc21. The molecule has 8 nitrogen and oxygen atoms in total. The van der Waals surface area contributed by atoms with Gasteiger partial charge in [-0.2, -0.15) is 5.10 Å². The maximum atomic E-state index is 12.9. The molecule has 27 heavy (non-hydrogen) atoms. The average Bonchev–Trinajstić information content (AvgIpc) is 3.32. The Morgan fingerprint density at radius 3 is 2.89 bits per heavy atom. The number of aromatic nitrogens is 2. The van der Waals surface area contributed by atoms with Gasteiger partial charge in [-0.25, -0.2) is 13.1 Å². The number of anilines is 1. The van der Waals surface area contributed by atoms with Gasteiger partial charge in [-0.3, -0.25) is 9.48 Å². The number of nitrogens with zero attached hydrogens (tertiary/aromatic N) is 3. The lowest BCUT2D eigenvalue weighted by molar-refractivity contribution is -0.116. The van der Waals surface area contributed by atoms with Gasteiger partial charge < -0.3 is 9.64 Å². The molecular weight excluding hydrogens is 368 g/mol. The van der Waals surface area contributed by atoms with Crippen LogP contribution in [0.2, 0.25) is 0 Å². The van der Waals surface area contributed by atoms with E-state index in [0.717, 1.165) is 16.8 Å². The van der Waals surface area contributed by atoms with Gasteiger partial charge in [-0.15, -0.1) is 0 Å². The number of hydrogen-bond donors (Lipinski definition) is 1. The number of carbonyl (C=O) groups is 1. The Morgan fingerprint density at radius 2 is 2.19 bits per heavy atom. The lowest BCUT2D eigenvalue weighted by Gasteiger charge is -2.19. The molecule has 1 fully saturated rings. The van der Waals surface area contributed by atoms with Gasteiger partial charge in [0, 0.05) is 44.6 Å². The molecule has 0 bridgehead atoms. The van der Waals surface area contributed by atoms with Crippen LogP contribution in [0.4, 0.5) is 5.69 Å². The summed E-state index contributed by atoms with van der Waals surface area (Å²) in [7, 11) is -1.89. The van der Waals surface area contributed by atoms with Crippen LogP contribution in [-0.2, 0) is 33.0 Å². The number of carbonyl (C=O) groups excluding carboxylic acids is 1. The monoisotopic (exact) mass is 390 g/mol. The first-order valence-electron chi connectivity index (χ1n) is 8.89. The summed E-state index contributed by atoms with van der Waals surface area (Å²) in [6, 6.07) is 4.58. The predicted molar refractivity (Wildman–Crippen MR) is 98.8 cm³/mol. The smallest absolute Gasteiger partial charge is 0.240 e. The molecule has 0 saturated carbocycles. The summed E-state index contributed by atoms with van der Waals surface area (Å²) in [5.74, 6) is -0.0371. The van der Waals surface area contributed by atoms with Crippen LogP contribution in [0.25, 0.3) is 0 Å². The van der Waals surface area contributed by atoms with Gasteiger partial charge >= 0.3 is 0 Å². The van der Waals surface area contributed by atoms with Crippen molar-refractivity contribution < 1.29 is 17.9 Å². The molecule has 0 radical (unpaired) electrons. The Kier molecular flexibility index (Phi) is 4.53. The van der Waals surface area contributed by atoms with E-state index in [1.54, 1.807) is 34.0 Å². The van der Waals surface area contributed by atoms with Crippen molar-refractivity contribution in [3.05, 3.63) is 41.7 Å². The van der Waals surface area contributed by atoms with Gasteiger partial charge in [0.1, 0.15) is 6.10 Å². The Hall–Kier alpha value is -2.23. The summed E-state index contributed by atoms with van der Waals surface area (Å²) in [6.07, 6.45) is 4.44. The molecular formula is C18H22N4O4S. The fourth-order valence-corrected chi connectivity index (χ4v) is 5.09. The second kappa shape index (κ2) is 6.74. The van der Waals surface area contributed by atoms with Crippen LogP contribution in [0.1, 0.15) is 30.6 Å². The molecule has 2 aliphatic rings. The number of fused-ring (bicyclic) bond motifs is 1. The minimum Gasteiger partial charge on any atom is -0.372 e. The second-order valence-corrected chi connectivity index (χ2v) is 8.68. The number of benzene rings is 1. The molecule has 0 spiro atoms. The van der Waals surface area contributed by atoms with Crippen molar-refractivity contribution in [1.82, 2.24) is 14.5 Å². The number of aryl methyl sites for hydroxylation is 1. The summed E-state index contributed by atoms with van der Waals surface area (Å²) in [4.78, 5) is 13.5. The summed E-state index contributed by atoms with van der Waals surface area (Å²) < 4.78 is 36.0. The second-order valence-electron chi connectivity index (χ2n) is 6.97. The molecule has 0 unspecified atom stereocenters. The molecule has 1 N–H and O–H groups in total. The van der Waals surface area contributed by atoms with Gasteiger partial charge in [-0.1, -0.05) is 0 Å². The van der Waals surface area contributed by atoms with Crippen LogP contribution in [0, 0.1) is 0 Å². The van der Waals surface area contributed by atoms with Crippen LogP contribution in [0.3, 0.4) is 0 Å². The number of sulfonamides is 1. The highest BCUT2D eigenvalue weighted by molar-refractivity contribution is 7.89. The van der Waals surface area contributed by atoms with E-state index in [1.807, 2.05) is 13.2 Å². The summed E-state index contributed by atoms with van der Waals surface area (Å²) >= 11 is 0. The summed E-state index contributed by atoms with van der Waals surface area (Å²) in [5.41, 5.74) is 2.52. The fraction of sp³-hybridized carbons (Fsp3) is 0.444. The number of nitrogens with one attached hydrogen (secondary N) is 1. The van der Waals surface area contributed by atoms with Crippen molar-refractivity contribution >= 4 is 21.6 Å². The van der Waals surface area contributed by atoms with Crippen LogP contribution >= 0.6 is 0 Å². The Bertz CT molecular complexity index is 985. The molecule has 0 aliphatic carbocycles. The molecule has 4 rings (SSSR count). The van der Waals surface area contributed by atoms with Crippen LogP contribution in [0.5, 0.6) is 0 Å². The molecule has 1 aromatic heterocycles. The van der Waals surface area contributed by atoms with Crippen molar-refractivity contribution in [2.75, 3.05) is 18.1 Å². The van der Waals surface area contributed by atoms with E-state index in [1.165, 1.54) is 6.92 Å². The predicted octanol–water partition coefficient (Wildman–Crippen LogP) is 1.14. The van der Waals surface area contributed by atoms with E-state index in [2.05, 4.69) is 9.82 Å². The zero-order valence-electron chi connectivity index (χ0n) is 15.3. The first kappa shape index (κ1) is 18.1. The normalized spacial score (nSPS) is 22.2. The minimum absolute atomic E-state index is 0.0371. The maximum absolute atomic E-state index is 12.9. The molecule has 2 aliphatic heterocycles. The standard InChI is InChI=1S/C18H22N4O4S/c1-12(23)22-7-5-13-9-15(3-4-17(13)22)27(24,25)20-16-6-8-26-18(16)14-10-19-21(2)11-14/h3-4,9-11,16,18,20H,5-8H2,1-2H3/t16-,18+/m0/s1. The fourth-order valence-electron chi connectivity index (χ4n) is 3.77. The quantitative estimate of drug-likeness (QED) is 0.845. The van der Waals surface area contributed by atoms with Gasteiger partial charge in [-0.05, 0) is 36.6 Å². The lowest BCUT2D eigenvalue weighted by Crippen LogP contribution is -2.36. The highest BCUT2D eigenvalue weighted by Crippen LogP contribution is 2.32. The Balaban J connectivity index is 1.56. The van der Waals surface area contributed by atoms with Crippen molar-refractivity contribution in [2.24, 2.45) is 7.05 Å². The van der Waals surface area contributed by atoms with Crippen molar-refractivity contribution in [3.63, 3.8) is 0 Å². The topological polar surface area (TPSA) is 93.5 Å². The van der Waals surface area contributed by atoms with E-state index in [-0.39, 0.29) is 22.9 Å². The first-order chi connectivity index (χ1) is 12.8. The molecule has 2 atom stereocenters. The van der Waals surface area contributed by atoms with E-state index in [9.17, 15) is 13.2 Å². The minimum atomic E-state index is -3.70. The first-order valence-corrected chi connectivity index (χ1v) is 10.4. The van der Waals surface area contributed by atoms with Gasteiger partial charge in [0.25, 0.3) is 0 Å². The summed E-state index contributed by atoms with van der Waals surface area (Å²) in [5, 5.41) is 4.14. The average molecular weight is 390 g/mol. The Labute approximate surface area is 158 Å². The number of ether oxygens (including phenoxy) is 1. The van der Waals surface area contributed by atoms with Crippen LogP contribution in [-0.4, -0.2) is 43.3 Å². The molecule has 3 heterocycles. The third kappa shape index (κ3) is 3.38. The van der Waals surface area contributed by atoms with E-state index in [0.29, 0.717) is 26.0 Å². The van der Waals surface area contributed by atoms with E-state index < -0.39 is 10.0 Å². The highest BCUT2D eigenvalue weighted by atomic mass is 32.2. The van der Waals surface area contributed by atoms with Gasteiger partial charge in [0.2, 0.25) is 15.9 Å². The lowest BCUT2D eigenvalue weighted by atomic mass is 10.1. The third-order valence-electron chi connectivity index (χ3n) is 5.09. The number of amides is 1. The third-order valence-corrected chi connectivity index (χ3v) is 6.58. The molecule has 144 valence electrons. The number of hydrogen-bond acceptors (Lipinski definition) is 5. The maximum Gasteiger partial charge on any atom is 0.240 e. The molecule has 1 saturated heterocycles. The van der Waals surface area contributed by atoms with Gasteiger partial charge in [0.15, 0.2) is 0 Å². The highest BCUT2D eigenvalue weighted by Gasteiger charge is 2.34. The molecule has 9 heteroatoms. The zero-order valence-corrected chi connectivity index (χ0v) is 16.1. The summed E-state index contributed by atoms with van der Waals surface area (Å²) in [6.45, 7) is 2.59. The molecule has 1 amide bonds. The van der Waals surface area contributed by atoms with E-state index >= 15 is 0 Å². The Morgan fingerprint density at radius 1 is 1.37 bits per heavy atom. The molecule has 1 aromatic carbocycles. The van der Waals surface area contributed by atoms with Crippen molar-refractivity contribution in [1.29, 1.82) is 0 Å². The van der Waals surface area contributed by atoms with Crippen molar-refractivity contribution in [2.45, 2.75) is 36.8 Å². The largest absolute Gasteiger partial charge is 0.372 e. The van der Waals surface area contributed by atoms with Crippen molar-refractivity contribution in [3.8, 4) is 0 Å². The van der Waals surface area contributed by atoms with E-state index in [4.69, 9.17) is 4.74 Å². The van der Waals surface area contributed by atoms with Gasteiger partial charge in [0.05, 0.1) is 17.1 Å². The zero-order chi connectivity index (χ0) is 19.2. The van der Waals surface area contributed by atoms with Crippen LogP contribution in [0.15, 0.2) is 35.5 Å². The van der Waals surface area contributed by atoms with Crippen LogP contribution < -0.4 is 9.62 Å². The molecule has 2 aromatic rings.